The summed E-state index contributed by atoms with van der Waals surface area (Å²) in [5, 5.41) is 19.9. The Hall–Kier alpha value is -1.99. The van der Waals surface area contributed by atoms with Crippen molar-refractivity contribution in [2.24, 2.45) is 0 Å². The lowest BCUT2D eigenvalue weighted by atomic mass is 9.93. The van der Waals surface area contributed by atoms with Gasteiger partial charge in [0.25, 0.3) is 5.91 Å². The molecule has 0 unspecified atom stereocenters. The first-order valence-corrected chi connectivity index (χ1v) is 7.78. The van der Waals surface area contributed by atoms with Crippen molar-refractivity contribution in [2.45, 2.75) is 37.8 Å². The molecule has 1 fully saturated rings. The number of halogens is 2. The Labute approximate surface area is 137 Å². The van der Waals surface area contributed by atoms with Gasteiger partial charge >= 0.3 is 0 Å². The zero-order valence-electron chi connectivity index (χ0n) is 12.2. The van der Waals surface area contributed by atoms with Gasteiger partial charge in [-0.25, -0.2) is 9.07 Å². The Bertz CT molecular complexity index is 713. The van der Waals surface area contributed by atoms with E-state index in [-0.39, 0.29) is 34.5 Å². The molecule has 0 atom stereocenters. The van der Waals surface area contributed by atoms with Crippen molar-refractivity contribution >= 4 is 17.5 Å². The van der Waals surface area contributed by atoms with E-state index in [4.69, 9.17) is 11.6 Å². The summed E-state index contributed by atoms with van der Waals surface area (Å²) in [5.74, 6) is -0.979. The number of amides is 1. The van der Waals surface area contributed by atoms with Crippen LogP contribution in [0.15, 0.2) is 24.4 Å². The Morgan fingerprint density at radius 2 is 2.09 bits per heavy atom. The van der Waals surface area contributed by atoms with Gasteiger partial charge in [-0.1, -0.05) is 22.9 Å². The zero-order chi connectivity index (χ0) is 16.4. The average molecular weight is 339 g/mol. The number of aliphatic hydroxyl groups excluding tert-OH is 1. The Morgan fingerprint density at radius 1 is 1.35 bits per heavy atom. The second-order valence-electron chi connectivity index (χ2n) is 5.60. The highest BCUT2D eigenvalue weighted by atomic mass is 35.5. The van der Waals surface area contributed by atoms with Gasteiger partial charge in [-0.05, 0) is 37.8 Å². The number of hydrogen-bond acceptors (Lipinski definition) is 4. The summed E-state index contributed by atoms with van der Waals surface area (Å²) >= 11 is 5.74. The van der Waals surface area contributed by atoms with E-state index in [1.165, 1.54) is 23.0 Å². The standard InChI is InChI=1S/C15H16ClFN4O2/c16-11-2-1-3-13(14(11)17)21-8-12(19-20-21)15(23)18-9-4-6-10(22)7-5-9/h1-3,8-10,22H,4-7H2,(H,18,23). The summed E-state index contributed by atoms with van der Waals surface area (Å²) < 4.78 is 15.1. The van der Waals surface area contributed by atoms with Crippen molar-refractivity contribution < 1.29 is 14.3 Å². The van der Waals surface area contributed by atoms with Crippen LogP contribution in [-0.4, -0.2) is 38.2 Å². The second-order valence-corrected chi connectivity index (χ2v) is 6.01. The van der Waals surface area contributed by atoms with Gasteiger partial charge in [-0.3, -0.25) is 4.79 Å². The van der Waals surface area contributed by atoms with Gasteiger partial charge in [0.05, 0.1) is 17.3 Å². The molecule has 8 heteroatoms. The fraction of sp³-hybridized carbons (Fsp3) is 0.400. The lowest BCUT2D eigenvalue weighted by molar-refractivity contribution is 0.0863. The minimum atomic E-state index is -0.618. The molecular weight excluding hydrogens is 323 g/mol. The van der Waals surface area contributed by atoms with Crippen molar-refractivity contribution in [2.75, 3.05) is 0 Å². The molecule has 0 radical (unpaired) electrons. The van der Waals surface area contributed by atoms with E-state index >= 15 is 0 Å². The van der Waals surface area contributed by atoms with Crippen molar-refractivity contribution in [3.05, 3.63) is 40.9 Å². The van der Waals surface area contributed by atoms with Crippen LogP contribution in [0.25, 0.3) is 5.69 Å². The molecule has 3 rings (SSSR count). The molecule has 1 aromatic carbocycles. The predicted octanol–water partition coefficient (Wildman–Crippen LogP) is 2.09. The molecule has 0 bridgehead atoms. The quantitative estimate of drug-likeness (QED) is 0.898. The lowest BCUT2D eigenvalue weighted by Gasteiger charge is -2.25. The molecule has 1 heterocycles. The number of aliphatic hydroxyl groups is 1. The monoisotopic (exact) mass is 338 g/mol. The molecule has 1 aliphatic carbocycles. The first-order chi connectivity index (χ1) is 11.0. The largest absolute Gasteiger partial charge is 0.393 e. The normalized spacial score (nSPS) is 21.2. The van der Waals surface area contributed by atoms with Crippen LogP contribution in [-0.2, 0) is 0 Å². The van der Waals surface area contributed by atoms with Gasteiger partial charge in [0.2, 0.25) is 0 Å². The smallest absolute Gasteiger partial charge is 0.273 e. The third kappa shape index (κ3) is 3.51. The minimum absolute atomic E-state index is 0.0129. The number of hydrogen-bond donors (Lipinski definition) is 2. The maximum atomic E-state index is 14.0. The van der Waals surface area contributed by atoms with Crippen LogP contribution in [0.1, 0.15) is 36.2 Å². The Kier molecular flexibility index (Phi) is 4.58. The van der Waals surface area contributed by atoms with Crippen LogP contribution in [0, 0.1) is 5.82 Å². The van der Waals surface area contributed by atoms with Crippen LogP contribution in [0.2, 0.25) is 5.02 Å². The zero-order valence-corrected chi connectivity index (χ0v) is 13.0. The molecule has 0 aliphatic heterocycles. The van der Waals surface area contributed by atoms with Crippen molar-refractivity contribution in [1.82, 2.24) is 20.3 Å². The summed E-state index contributed by atoms with van der Waals surface area (Å²) in [6.07, 6.45) is 3.88. The SMILES string of the molecule is O=C(NC1CCC(O)CC1)c1cn(-c2cccc(Cl)c2F)nn1. The highest BCUT2D eigenvalue weighted by Crippen LogP contribution is 2.21. The van der Waals surface area contributed by atoms with Gasteiger partial charge in [-0.15, -0.1) is 5.10 Å². The third-order valence-electron chi connectivity index (χ3n) is 3.94. The van der Waals surface area contributed by atoms with Gasteiger partial charge in [-0.2, -0.15) is 0 Å². The van der Waals surface area contributed by atoms with Gasteiger partial charge in [0, 0.05) is 6.04 Å². The third-order valence-corrected chi connectivity index (χ3v) is 4.23. The number of carbonyl (C=O) groups is 1. The number of carbonyl (C=O) groups excluding carboxylic acids is 1. The fourth-order valence-corrected chi connectivity index (χ4v) is 2.80. The first kappa shape index (κ1) is 15.9. The number of nitrogens with zero attached hydrogens (tertiary/aromatic N) is 3. The van der Waals surface area contributed by atoms with E-state index in [9.17, 15) is 14.3 Å². The van der Waals surface area contributed by atoms with E-state index < -0.39 is 5.82 Å². The van der Waals surface area contributed by atoms with Gasteiger partial charge < -0.3 is 10.4 Å². The highest BCUT2D eigenvalue weighted by Gasteiger charge is 2.22. The molecular formula is C15H16ClFN4O2. The molecule has 0 spiro atoms. The predicted molar refractivity (Wildman–Crippen MR) is 82.1 cm³/mol. The lowest BCUT2D eigenvalue weighted by Crippen LogP contribution is -2.38. The van der Waals surface area contributed by atoms with Gasteiger partial charge in [0.15, 0.2) is 11.5 Å². The van der Waals surface area contributed by atoms with Crippen LogP contribution in [0.3, 0.4) is 0 Å². The number of nitrogens with one attached hydrogen (secondary N) is 1. The van der Waals surface area contributed by atoms with E-state index in [0.717, 1.165) is 12.8 Å². The molecule has 1 aromatic heterocycles. The fourth-order valence-electron chi connectivity index (χ4n) is 2.63. The molecule has 0 saturated heterocycles. The summed E-state index contributed by atoms with van der Waals surface area (Å²) in [4.78, 5) is 12.2. The van der Waals surface area contributed by atoms with Crippen molar-refractivity contribution in [3.8, 4) is 5.69 Å². The molecule has 1 saturated carbocycles. The number of benzene rings is 1. The molecule has 2 N–H and O–H groups in total. The summed E-state index contributed by atoms with van der Waals surface area (Å²) in [6, 6.07) is 4.54. The second kappa shape index (κ2) is 6.64. The molecule has 23 heavy (non-hydrogen) atoms. The highest BCUT2D eigenvalue weighted by molar-refractivity contribution is 6.30. The summed E-state index contributed by atoms with van der Waals surface area (Å²) in [6.45, 7) is 0. The molecule has 2 aromatic rings. The average Bonchev–Trinajstić information content (AvgIpc) is 3.02. The van der Waals surface area contributed by atoms with Crippen LogP contribution in [0.5, 0.6) is 0 Å². The maximum Gasteiger partial charge on any atom is 0.273 e. The molecule has 6 nitrogen and oxygen atoms in total. The minimum Gasteiger partial charge on any atom is -0.393 e. The number of rotatable bonds is 3. The van der Waals surface area contributed by atoms with E-state index in [2.05, 4.69) is 15.6 Å². The van der Waals surface area contributed by atoms with Crippen molar-refractivity contribution in [1.29, 1.82) is 0 Å². The maximum absolute atomic E-state index is 14.0. The van der Waals surface area contributed by atoms with E-state index in [1.54, 1.807) is 6.07 Å². The Balaban J connectivity index is 1.71. The van der Waals surface area contributed by atoms with E-state index in [0.29, 0.717) is 12.8 Å². The topological polar surface area (TPSA) is 80.0 Å². The molecule has 1 aliphatic rings. The van der Waals surface area contributed by atoms with Crippen molar-refractivity contribution in [3.63, 3.8) is 0 Å². The first-order valence-electron chi connectivity index (χ1n) is 7.40. The van der Waals surface area contributed by atoms with Crippen LogP contribution in [0.4, 0.5) is 4.39 Å². The summed E-state index contributed by atoms with van der Waals surface area (Å²) in [5.41, 5.74) is 0.236. The number of aromatic nitrogens is 3. The molecule has 122 valence electrons. The van der Waals surface area contributed by atoms with Crippen LogP contribution < -0.4 is 5.32 Å². The molecule has 1 amide bonds. The van der Waals surface area contributed by atoms with E-state index in [1.807, 2.05) is 0 Å². The van der Waals surface area contributed by atoms with Gasteiger partial charge in [0.1, 0.15) is 5.69 Å². The summed E-state index contributed by atoms with van der Waals surface area (Å²) in [7, 11) is 0. The van der Waals surface area contributed by atoms with Crippen LogP contribution >= 0.6 is 11.6 Å². The Morgan fingerprint density at radius 3 is 2.83 bits per heavy atom.